The molecule has 2 heterocycles. The molecule has 0 N–H and O–H groups in total. The average molecular weight is 291 g/mol. The first-order valence-corrected chi connectivity index (χ1v) is 7.00. The van der Waals surface area contributed by atoms with Crippen LogP contribution in [0, 0.1) is 13.8 Å². The summed E-state index contributed by atoms with van der Waals surface area (Å²) in [5, 5.41) is 2.07. The van der Waals surface area contributed by atoms with Crippen LogP contribution in [0.25, 0.3) is 0 Å². The van der Waals surface area contributed by atoms with E-state index in [1.807, 2.05) is 0 Å². The van der Waals surface area contributed by atoms with Gasteiger partial charge in [-0.2, -0.15) is 0 Å². The predicted octanol–water partition coefficient (Wildman–Crippen LogP) is 2.36. The quantitative estimate of drug-likeness (QED) is 0.782. The zero-order valence-electron chi connectivity index (χ0n) is 8.99. The van der Waals surface area contributed by atoms with Gasteiger partial charge in [0.1, 0.15) is 0 Å². The normalized spacial score (nSPS) is 22.1. The van der Waals surface area contributed by atoms with Crippen LogP contribution in [0.15, 0.2) is 0 Å². The molecule has 15 heavy (non-hydrogen) atoms. The fraction of sp³-hybridized carbons (Fsp3) is 0.700. The van der Waals surface area contributed by atoms with Gasteiger partial charge in [-0.15, -0.1) is 11.3 Å². The SMILES string of the molecule is Cc1nc(N2CCOCC2CBr)sc1C. The van der Waals surface area contributed by atoms with Gasteiger partial charge in [-0.1, -0.05) is 15.9 Å². The van der Waals surface area contributed by atoms with Crippen LogP contribution in [0.2, 0.25) is 0 Å². The van der Waals surface area contributed by atoms with E-state index in [-0.39, 0.29) is 0 Å². The van der Waals surface area contributed by atoms with Gasteiger partial charge in [0, 0.05) is 16.8 Å². The van der Waals surface area contributed by atoms with Crippen LogP contribution in [-0.4, -0.2) is 36.1 Å². The first-order chi connectivity index (χ1) is 7.22. The van der Waals surface area contributed by atoms with Crippen molar-refractivity contribution in [3.63, 3.8) is 0 Å². The van der Waals surface area contributed by atoms with Crippen molar-refractivity contribution in [2.24, 2.45) is 0 Å². The van der Waals surface area contributed by atoms with Gasteiger partial charge in [0.25, 0.3) is 0 Å². The first-order valence-electron chi connectivity index (χ1n) is 5.06. The topological polar surface area (TPSA) is 25.4 Å². The smallest absolute Gasteiger partial charge is 0.186 e. The van der Waals surface area contributed by atoms with E-state index < -0.39 is 0 Å². The average Bonchev–Trinajstić information content (AvgIpc) is 2.59. The van der Waals surface area contributed by atoms with Crippen LogP contribution in [0.3, 0.4) is 0 Å². The Labute approximate surface area is 103 Å². The molecule has 1 fully saturated rings. The van der Waals surface area contributed by atoms with E-state index in [1.54, 1.807) is 11.3 Å². The van der Waals surface area contributed by atoms with Gasteiger partial charge in [-0.05, 0) is 13.8 Å². The maximum atomic E-state index is 5.47. The fourth-order valence-electron chi connectivity index (χ4n) is 1.61. The Morgan fingerprint density at radius 3 is 3.00 bits per heavy atom. The molecule has 0 bridgehead atoms. The first kappa shape index (κ1) is 11.4. The van der Waals surface area contributed by atoms with E-state index in [9.17, 15) is 0 Å². The van der Waals surface area contributed by atoms with Crippen molar-refractivity contribution in [2.45, 2.75) is 19.9 Å². The second kappa shape index (κ2) is 4.80. The maximum absolute atomic E-state index is 5.47. The molecule has 1 saturated heterocycles. The van der Waals surface area contributed by atoms with Crippen molar-refractivity contribution >= 4 is 32.4 Å². The predicted molar refractivity (Wildman–Crippen MR) is 67.3 cm³/mol. The molecule has 3 nitrogen and oxygen atoms in total. The van der Waals surface area contributed by atoms with Gasteiger partial charge in [-0.25, -0.2) is 4.98 Å². The van der Waals surface area contributed by atoms with E-state index in [0.717, 1.165) is 35.9 Å². The summed E-state index contributed by atoms with van der Waals surface area (Å²) in [5.74, 6) is 0. The Bertz CT molecular complexity index is 323. The summed E-state index contributed by atoms with van der Waals surface area (Å²) >= 11 is 5.31. The highest BCUT2D eigenvalue weighted by Crippen LogP contribution is 2.28. The van der Waals surface area contributed by atoms with Crippen molar-refractivity contribution in [3.05, 3.63) is 10.6 Å². The zero-order chi connectivity index (χ0) is 10.8. The van der Waals surface area contributed by atoms with Crippen molar-refractivity contribution in [3.8, 4) is 0 Å². The molecule has 2 rings (SSSR count). The van der Waals surface area contributed by atoms with Crippen molar-refractivity contribution in [2.75, 3.05) is 30.0 Å². The largest absolute Gasteiger partial charge is 0.377 e. The molecule has 84 valence electrons. The third kappa shape index (κ3) is 2.34. The third-order valence-corrected chi connectivity index (χ3v) is 4.53. The second-order valence-corrected chi connectivity index (χ2v) is 5.54. The second-order valence-electron chi connectivity index (χ2n) is 3.71. The molecule has 0 aromatic carbocycles. The molecule has 0 aliphatic carbocycles. The van der Waals surface area contributed by atoms with Crippen molar-refractivity contribution in [1.82, 2.24) is 4.98 Å². The Kier molecular flexibility index (Phi) is 3.64. The van der Waals surface area contributed by atoms with Gasteiger partial charge >= 0.3 is 0 Å². The molecule has 0 amide bonds. The minimum Gasteiger partial charge on any atom is -0.377 e. The van der Waals surface area contributed by atoms with E-state index in [2.05, 4.69) is 39.7 Å². The number of aromatic nitrogens is 1. The lowest BCUT2D eigenvalue weighted by Crippen LogP contribution is -2.46. The van der Waals surface area contributed by atoms with E-state index >= 15 is 0 Å². The molecule has 1 aromatic rings. The van der Waals surface area contributed by atoms with Crippen molar-refractivity contribution < 1.29 is 4.74 Å². The summed E-state index contributed by atoms with van der Waals surface area (Å²) in [5.41, 5.74) is 1.15. The molecule has 1 atom stereocenters. The molecule has 0 saturated carbocycles. The molecule has 1 aromatic heterocycles. The van der Waals surface area contributed by atoms with Crippen LogP contribution in [0.1, 0.15) is 10.6 Å². The number of hydrogen-bond donors (Lipinski definition) is 0. The number of nitrogens with zero attached hydrogens (tertiary/aromatic N) is 2. The van der Waals surface area contributed by atoms with Gasteiger partial charge in [-0.3, -0.25) is 0 Å². The highest BCUT2D eigenvalue weighted by molar-refractivity contribution is 9.09. The molecular weight excluding hydrogens is 276 g/mol. The minimum atomic E-state index is 0.420. The zero-order valence-corrected chi connectivity index (χ0v) is 11.4. The molecule has 1 unspecified atom stereocenters. The van der Waals surface area contributed by atoms with Gasteiger partial charge in [0.2, 0.25) is 0 Å². The minimum absolute atomic E-state index is 0.420. The number of hydrogen-bond acceptors (Lipinski definition) is 4. The molecule has 0 radical (unpaired) electrons. The maximum Gasteiger partial charge on any atom is 0.186 e. The number of aryl methyl sites for hydroxylation is 2. The molecular formula is C10H15BrN2OS. The number of thiazole rings is 1. The number of rotatable bonds is 2. The lowest BCUT2D eigenvalue weighted by molar-refractivity contribution is 0.100. The highest BCUT2D eigenvalue weighted by Gasteiger charge is 2.24. The van der Waals surface area contributed by atoms with Crippen LogP contribution in [0.5, 0.6) is 0 Å². The van der Waals surface area contributed by atoms with Gasteiger partial charge < -0.3 is 9.64 Å². The summed E-state index contributed by atoms with van der Waals surface area (Å²) in [6.07, 6.45) is 0. The lowest BCUT2D eigenvalue weighted by atomic mass is 10.3. The Hall–Kier alpha value is -0.130. The molecule has 1 aliphatic rings. The Morgan fingerprint density at radius 2 is 2.40 bits per heavy atom. The fourth-order valence-corrected chi connectivity index (χ4v) is 3.16. The highest BCUT2D eigenvalue weighted by atomic mass is 79.9. The van der Waals surface area contributed by atoms with E-state index in [4.69, 9.17) is 4.74 Å². The van der Waals surface area contributed by atoms with Crippen LogP contribution in [-0.2, 0) is 4.74 Å². The Morgan fingerprint density at radius 1 is 1.60 bits per heavy atom. The summed E-state index contributed by atoms with van der Waals surface area (Å²) in [7, 11) is 0. The number of anilines is 1. The van der Waals surface area contributed by atoms with E-state index in [0.29, 0.717) is 6.04 Å². The molecule has 1 aliphatic heterocycles. The summed E-state index contributed by atoms with van der Waals surface area (Å²) in [4.78, 5) is 8.26. The van der Waals surface area contributed by atoms with E-state index in [1.165, 1.54) is 4.88 Å². The standard InChI is InChI=1S/C10H15BrN2OS/c1-7-8(2)15-10(12-7)13-3-4-14-6-9(13)5-11/h9H,3-6H2,1-2H3. The third-order valence-electron chi connectivity index (χ3n) is 2.67. The Balaban J connectivity index is 2.20. The van der Waals surface area contributed by atoms with Gasteiger partial charge in [0.15, 0.2) is 5.13 Å². The summed E-state index contributed by atoms with van der Waals surface area (Å²) in [6, 6.07) is 0.420. The molecule has 0 spiro atoms. The summed E-state index contributed by atoms with van der Waals surface area (Å²) < 4.78 is 5.47. The van der Waals surface area contributed by atoms with Gasteiger partial charge in [0.05, 0.1) is 24.9 Å². The number of ether oxygens (including phenoxy) is 1. The number of morpholine rings is 1. The summed E-state index contributed by atoms with van der Waals surface area (Å²) in [6.45, 7) is 6.74. The van der Waals surface area contributed by atoms with Crippen LogP contribution < -0.4 is 4.90 Å². The lowest BCUT2D eigenvalue weighted by Gasteiger charge is -2.34. The number of alkyl halides is 1. The van der Waals surface area contributed by atoms with Crippen molar-refractivity contribution in [1.29, 1.82) is 0 Å². The monoisotopic (exact) mass is 290 g/mol. The van der Waals surface area contributed by atoms with Crippen LogP contribution in [0.4, 0.5) is 5.13 Å². The number of halogens is 1. The van der Waals surface area contributed by atoms with Crippen LogP contribution >= 0.6 is 27.3 Å². The molecule has 5 heteroatoms.